The number of urea groups is 1. The Morgan fingerprint density at radius 1 is 1.24 bits per heavy atom. The maximum absolute atomic E-state index is 12.1. The number of hydrogen-bond donors (Lipinski definition) is 3. The molecule has 118 valence electrons. The summed E-state index contributed by atoms with van der Waals surface area (Å²) in [5.74, 6) is 0. The number of aliphatic hydroxyl groups excluding tert-OH is 1. The van der Waals surface area contributed by atoms with Gasteiger partial charge in [0.05, 0.1) is 6.10 Å². The summed E-state index contributed by atoms with van der Waals surface area (Å²) in [5.41, 5.74) is 1.50. The molecule has 0 saturated carbocycles. The van der Waals surface area contributed by atoms with E-state index in [9.17, 15) is 9.90 Å². The van der Waals surface area contributed by atoms with E-state index < -0.39 is 6.10 Å². The molecule has 2 atom stereocenters. The Labute approximate surface area is 128 Å². The Balaban J connectivity index is 2.56. The fourth-order valence-electron chi connectivity index (χ4n) is 2.32. The van der Waals surface area contributed by atoms with Crippen LogP contribution in [0.1, 0.15) is 64.5 Å². The first-order chi connectivity index (χ1) is 10.1. The van der Waals surface area contributed by atoms with E-state index in [2.05, 4.69) is 24.5 Å². The lowest BCUT2D eigenvalue weighted by Gasteiger charge is -2.18. The molecule has 1 aromatic carbocycles. The first kappa shape index (κ1) is 17.5. The van der Waals surface area contributed by atoms with Gasteiger partial charge in [-0.05, 0) is 37.5 Å². The number of carbonyl (C=O) groups excluding carboxylic acids is 1. The van der Waals surface area contributed by atoms with Gasteiger partial charge in [-0.15, -0.1) is 0 Å². The number of carbonyl (C=O) groups is 1. The average Bonchev–Trinajstić information content (AvgIpc) is 2.45. The molecule has 1 aromatic rings. The highest BCUT2D eigenvalue weighted by atomic mass is 16.3. The minimum atomic E-state index is -0.535. The van der Waals surface area contributed by atoms with Gasteiger partial charge < -0.3 is 15.7 Å². The van der Waals surface area contributed by atoms with Gasteiger partial charge in [-0.25, -0.2) is 4.79 Å². The van der Waals surface area contributed by atoms with Crippen molar-refractivity contribution in [1.29, 1.82) is 0 Å². The molecule has 0 radical (unpaired) electrons. The first-order valence-electron chi connectivity index (χ1n) is 7.92. The molecule has 4 nitrogen and oxygen atoms in total. The van der Waals surface area contributed by atoms with Gasteiger partial charge in [0.2, 0.25) is 0 Å². The summed E-state index contributed by atoms with van der Waals surface area (Å²) < 4.78 is 0. The molecule has 0 aromatic heterocycles. The molecule has 2 unspecified atom stereocenters. The maximum atomic E-state index is 12.1. The molecule has 0 heterocycles. The molecule has 3 N–H and O–H groups in total. The van der Waals surface area contributed by atoms with Gasteiger partial charge in [-0.1, -0.05) is 45.2 Å². The van der Waals surface area contributed by atoms with Gasteiger partial charge in [0.1, 0.15) is 0 Å². The number of benzene rings is 1. The first-order valence-corrected chi connectivity index (χ1v) is 7.92. The van der Waals surface area contributed by atoms with Crippen molar-refractivity contribution in [3.8, 4) is 0 Å². The van der Waals surface area contributed by atoms with Crippen molar-refractivity contribution in [3.63, 3.8) is 0 Å². The quantitative estimate of drug-likeness (QED) is 0.671. The van der Waals surface area contributed by atoms with Gasteiger partial charge >= 0.3 is 6.03 Å². The summed E-state index contributed by atoms with van der Waals surface area (Å²) >= 11 is 0. The molecule has 4 heteroatoms. The predicted molar refractivity (Wildman–Crippen MR) is 87.5 cm³/mol. The third-order valence-electron chi connectivity index (χ3n) is 3.51. The van der Waals surface area contributed by atoms with Crippen LogP contribution in [0, 0.1) is 0 Å². The van der Waals surface area contributed by atoms with Crippen molar-refractivity contribution >= 4 is 11.7 Å². The standard InChI is InChI=1S/C17H28N2O2/c1-4-6-10-15(8-5-2)18-17(21)19-16-11-7-9-14(12-16)13(3)20/h7,9,11-13,15,20H,4-6,8,10H2,1-3H3,(H2,18,19,21). The minimum absolute atomic E-state index is 0.174. The van der Waals surface area contributed by atoms with Crippen molar-refractivity contribution in [3.05, 3.63) is 29.8 Å². The summed E-state index contributed by atoms with van der Waals surface area (Å²) in [4.78, 5) is 12.1. The van der Waals surface area contributed by atoms with E-state index in [0.717, 1.165) is 37.7 Å². The summed E-state index contributed by atoms with van der Waals surface area (Å²) in [5, 5.41) is 15.4. The van der Waals surface area contributed by atoms with Crippen molar-refractivity contribution in [2.45, 2.75) is 65.0 Å². The summed E-state index contributed by atoms with van der Waals surface area (Å²) in [6.07, 6.45) is 4.81. The van der Waals surface area contributed by atoms with Crippen LogP contribution in [-0.4, -0.2) is 17.2 Å². The van der Waals surface area contributed by atoms with Gasteiger partial charge in [-0.2, -0.15) is 0 Å². The summed E-state index contributed by atoms with van der Waals surface area (Å²) in [6.45, 7) is 6.00. The number of rotatable bonds is 8. The molecule has 0 aliphatic heterocycles. The van der Waals surface area contributed by atoms with Gasteiger partial charge in [0, 0.05) is 11.7 Å². The van der Waals surface area contributed by atoms with Crippen LogP contribution in [0.2, 0.25) is 0 Å². The van der Waals surface area contributed by atoms with E-state index in [1.807, 2.05) is 18.2 Å². The van der Waals surface area contributed by atoms with E-state index in [-0.39, 0.29) is 12.1 Å². The van der Waals surface area contributed by atoms with Gasteiger partial charge in [0.25, 0.3) is 0 Å². The second kappa shape index (κ2) is 9.40. The molecule has 0 fully saturated rings. The second-order valence-electron chi connectivity index (χ2n) is 5.53. The molecule has 0 spiro atoms. The molecule has 21 heavy (non-hydrogen) atoms. The van der Waals surface area contributed by atoms with E-state index in [0.29, 0.717) is 5.69 Å². The number of unbranched alkanes of at least 4 members (excludes halogenated alkanes) is 1. The maximum Gasteiger partial charge on any atom is 0.319 e. The molecule has 1 rings (SSSR count). The Morgan fingerprint density at radius 2 is 2.00 bits per heavy atom. The number of anilines is 1. The molecular weight excluding hydrogens is 264 g/mol. The molecule has 0 bridgehead atoms. The highest BCUT2D eigenvalue weighted by molar-refractivity contribution is 5.89. The van der Waals surface area contributed by atoms with Crippen LogP contribution in [-0.2, 0) is 0 Å². The van der Waals surface area contributed by atoms with Gasteiger partial charge in [-0.3, -0.25) is 0 Å². The summed E-state index contributed by atoms with van der Waals surface area (Å²) in [7, 11) is 0. The van der Waals surface area contributed by atoms with E-state index in [4.69, 9.17) is 0 Å². The highest BCUT2D eigenvalue weighted by Crippen LogP contribution is 2.17. The van der Waals surface area contributed by atoms with Gasteiger partial charge in [0.15, 0.2) is 0 Å². The zero-order chi connectivity index (χ0) is 15.7. The number of nitrogens with one attached hydrogen (secondary N) is 2. The van der Waals surface area contributed by atoms with Crippen molar-refractivity contribution in [2.24, 2.45) is 0 Å². The molecular formula is C17H28N2O2. The number of amides is 2. The lowest BCUT2D eigenvalue weighted by atomic mass is 10.1. The largest absolute Gasteiger partial charge is 0.389 e. The topological polar surface area (TPSA) is 61.4 Å². The predicted octanol–water partition coefficient (Wildman–Crippen LogP) is 4.22. The average molecular weight is 292 g/mol. The number of aliphatic hydroxyl groups is 1. The Morgan fingerprint density at radius 3 is 2.62 bits per heavy atom. The van der Waals surface area contributed by atoms with Crippen LogP contribution in [0.5, 0.6) is 0 Å². The molecule has 2 amide bonds. The fraction of sp³-hybridized carbons (Fsp3) is 0.588. The van der Waals surface area contributed by atoms with Crippen molar-refractivity contribution < 1.29 is 9.90 Å². The highest BCUT2D eigenvalue weighted by Gasteiger charge is 2.11. The van der Waals surface area contributed by atoms with Crippen molar-refractivity contribution in [2.75, 3.05) is 5.32 Å². The molecule has 0 aliphatic carbocycles. The van der Waals surface area contributed by atoms with E-state index >= 15 is 0 Å². The zero-order valence-corrected chi connectivity index (χ0v) is 13.4. The van der Waals surface area contributed by atoms with Crippen LogP contribution < -0.4 is 10.6 Å². The summed E-state index contributed by atoms with van der Waals surface area (Å²) in [6, 6.07) is 7.35. The molecule has 0 saturated heterocycles. The Hall–Kier alpha value is -1.55. The zero-order valence-electron chi connectivity index (χ0n) is 13.4. The Bertz CT molecular complexity index is 433. The van der Waals surface area contributed by atoms with Crippen LogP contribution in [0.15, 0.2) is 24.3 Å². The third kappa shape index (κ3) is 6.63. The normalized spacial score (nSPS) is 13.5. The lowest BCUT2D eigenvalue weighted by molar-refractivity contribution is 0.199. The van der Waals surface area contributed by atoms with Crippen molar-refractivity contribution in [1.82, 2.24) is 5.32 Å². The SMILES string of the molecule is CCCCC(CCC)NC(=O)Nc1cccc(C(C)O)c1. The second-order valence-corrected chi connectivity index (χ2v) is 5.53. The van der Waals surface area contributed by atoms with Crippen LogP contribution >= 0.6 is 0 Å². The monoisotopic (exact) mass is 292 g/mol. The van der Waals surface area contributed by atoms with Crippen LogP contribution in [0.3, 0.4) is 0 Å². The molecule has 0 aliphatic rings. The van der Waals surface area contributed by atoms with E-state index in [1.165, 1.54) is 0 Å². The fourth-order valence-corrected chi connectivity index (χ4v) is 2.32. The third-order valence-corrected chi connectivity index (χ3v) is 3.51. The lowest BCUT2D eigenvalue weighted by Crippen LogP contribution is -2.37. The Kier molecular flexibility index (Phi) is 7.83. The smallest absolute Gasteiger partial charge is 0.319 e. The van der Waals surface area contributed by atoms with Crippen LogP contribution in [0.25, 0.3) is 0 Å². The van der Waals surface area contributed by atoms with Crippen LogP contribution in [0.4, 0.5) is 10.5 Å². The van der Waals surface area contributed by atoms with E-state index in [1.54, 1.807) is 13.0 Å². The minimum Gasteiger partial charge on any atom is -0.389 e. The number of hydrogen-bond acceptors (Lipinski definition) is 2.